The van der Waals surface area contributed by atoms with Crippen molar-refractivity contribution >= 4 is 22.5 Å². The van der Waals surface area contributed by atoms with Crippen molar-refractivity contribution in [2.24, 2.45) is 0 Å². The van der Waals surface area contributed by atoms with Gasteiger partial charge in [0.2, 0.25) is 0 Å². The van der Waals surface area contributed by atoms with Gasteiger partial charge in [0.15, 0.2) is 0 Å². The van der Waals surface area contributed by atoms with Gasteiger partial charge in [0.05, 0.1) is 5.52 Å². The van der Waals surface area contributed by atoms with E-state index in [1.54, 1.807) is 6.07 Å². The van der Waals surface area contributed by atoms with Crippen LogP contribution >= 0.6 is 11.6 Å². The van der Waals surface area contributed by atoms with E-state index in [1.165, 1.54) is 5.39 Å². The first-order chi connectivity index (χ1) is 7.84. The highest BCUT2D eigenvalue weighted by atomic mass is 35.5. The molecular formula is C13H9ClN2. The summed E-state index contributed by atoms with van der Waals surface area (Å²) in [5, 5.41) is 1.71. The predicted molar refractivity (Wildman–Crippen MR) is 66.1 cm³/mol. The summed E-state index contributed by atoms with van der Waals surface area (Å²) in [6.45, 7) is 0. The molecule has 0 amide bonds. The lowest BCUT2D eigenvalue weighted by Crippen LogP contribution is -1.94. The molecule has 0 aliphatic carbocycles. The number of pyridine rings is 1. The molecule has 0 unspecified atom stereocenters. The van der Waals surface area contributed by atoms with Gasteiger partial charge in [0.1, 0.15) is 11.0 Å². The smallest absolute Gasteiger partial charge is 0.138 e. The third-order valence-corrected chi connectivity index (χ3v) is 2.76. The molecule has 3 heteroatoms. The quantitative estimate of drug-likeness (QED) is 0.581. The van der Waals surface area contributed by atoms with E-state index in [9.17, 15) is 0 Å². The molecule has 0 atom stereocenters. The molecule has 0 N–H and O–H groups in total. The summed E-state index contributed by atoms with van der Waals surface area (Å²) in [4.78, 5) is 4.29. The van der Waals surface area contributed by atoms with E-state index >= 15 is 0 Å². The van der Waals surface area contributed by atoms with Crippen LogP contribution in [0.25, 0.3) is 16.7 Å². The number of rotatable bonds is 1. The summed E-state index contributed by atoms with van der Waals surface area (Å²) in [7, 11) is 0. The molecule has 0 saturated carbocycles. The molecule has 2 heterocycles. The SMILES string of the molecule is Clc1cccc(-n2ccc3ccccc32)n1. The van der Waals surface area contributed by atoms with Crippen molar-refractivity contribution in [2.45, 2.75) is 0 Å². The van der Waals surface area contributed by atoms with Crippen molar-refractivity contribution < 1.29 is 0 Å². The number of fused-ring (bicyclic) bond motifs is 1. The number of para-hydroxylation sites is 1. The minimum absolute atomic E-state index is 0.510. The van der Waals surface area contributed by atoms with Crippen molar-refractivity contribution in [3.05, 3.63) is 59.9 Å². The number of nitrogens with zero attached hydrogens (tertiary/aromatic N) is 2. The maximum Gasteiger partial charge on any atom is 0.138 e. The Morgan fingerprint density at radius 3 is 2.69 bits per heavy atom. The fourth-order valence-electron chi connectivity index (χ4n) is 1.81. The third kappa shape index (κ3) is 1.48. The van der Waals surface area contributed by atoms with Gasteiger partial charge in [-0.1, -0.05) is 35.9 Å². The maximum absolute atomic E-state index is 5.89. The van der Waals surface area contributed by atoms with Crippen molar-refractivity contribution in [3.63, 3.8) is 0 Å². The Labute approximate surface area is 98.1 Å². The van der Waals surface area contributed by atoms with Gasteiger partial charge < -0.3 is 4.57 Å². The number of hydrogen-bond donors (Lipinski definition) is 0. The fraction of sp³-hybridized carbons (Fsp3) is 0. The highest BCUT2D eigenvalue weighted by molar-refractivity contribution is 6.29. The van der Waals surface area contributed by atoms with Gasteiger partial charge in [0.25, 0.3) is 0 Å². The van der Waals surface area contributed by atoms with Crippen LogP contribution in [0.4, 0.5) is 0 Å². The summed E-state index contributed by atoms with van der Waals surface area (Å²) in [6.07, 6.45) is 2.00. The van der Waals surface area contributed by atoms with Crippen molar-refractivity contribution in [3.8, 4) is 5.82 Å². The Balaban J connectivity index is 2.26. The van der Waals surface area contributed by atoms with Crippen LogP contribution in [0.5, 0.6) is 0 Å². The highest BCUT2D eigenvalue weighted by Gasteiger charge is 2.03. The van der Waals surface area contributed by atoms with Crippen molar-refractivity contribution in [2.75, 3.05) is 0 Å². The third-order valence-electron chi connectivity index (χ3n) is 2.55. The van der Waals surface area contributed by atoms with Gasteiger partial charge in [-0.05, 0) is 29.7 Å². The van der Waals surface area contributed by atoms with Crippen LogP contribution in [0.1, 0.15) is 0 Å². The minimum Gasteiger partial charge on any atom is -0.301 e. The number of aromatic nitrogens is 2. The molecule has 0 bridgehead atoms. The Bertz CT molecular complexity index is 643. The van der Waals surface area contributed by atoms with E-state index in [4.69, 9.17) is 11.6 Å². The summed E-state index contributed by atoms with van der Waals surface area (Å²) >= 11 is 5.89. The van der Waals surface area contributed by atoms with Crippen LogP contribution < -0.4 is 0 Å². The lowest BCUT2D eigenvalue weighted by Gasteiger charge is -2.04. The summed E-state index contributed by atoms with van der Waals surface area (Å²) in [6, 6.07) is 15.9. The number of benzene rings is 1. The lowest BCUT2D eigenvalue weighted by atomic mass is 10.2. The molecule has 3 aromatic rings. The van der Waals surface area contributed by atoms with Crippen LogP contribution in [-0.2, 0) is 0 Å². The number of halogens is 1. The zero-order valence-corrected chi connectivity index (χ0v) is 9.22. The second kappa shape index (κ2) is 3.65. The molecular weight excluding hydrogens is 220 g/mol. The van der Waals surface area contributed by atoms with Crippen LogP contribution in [0.2, 0.25) is 5.15 Å². The van der Waals surface area contributed by atoms with Gasteiger partial charge in [-0.15, -0.1) is 0 Å². The highest BCUT2D eigenvalue weighted by Crippen LogP contribution is 2.19. The van der Waals surface area contributed by atoms with Gasteiger partial charge in [0, 0.05) is 6.20 Å². The van der Waals surface area contributed by atoms with Gasteiger partial charge in [-0.2, -0.15) is 0 Å². The van der Waals surface area contributed by atoms with Crippen LogP contribution in [0.3, 0.4) is 0 Å². The summed E-state index contributed by atoms with van der Waals surface area (Å²) in [5.41, 5.74) is 1.14. The topological polar surface area (TPSA) is 17.8 Å². The van der Waals surface area contributed by atoms with Gasteiger partial charge >= 0.3 is 0 Å². The molecule has 0 fully saturated rings. The van der Waals surface area contributed by atoms with E-state index in [0.717, 1.165) is 11.3 Å². The first-order valence-corrected chi connectivity index (χ1v) is 5.41. The molecule has 0 aliphatic rings. The van der Waals surface area contributed by atoms with E-state index in [0.29, 0.717) is 5.15 Å². The zero-order chi connectivity index (χ0) is 11.0. The molecule has 1 aromatic carbocycles. The molecule has 16 heavy (non-hydrogen) atoms. The number of hydrogen-bond acceptors (Lipinski definition) is 1. The Morgan fingerprint density at radius 1 is 0.938 bits per heavy atom. The average molecular weight is 229 g/mol. The summed E-state index contributed by atoms with van der Waals surface area (Å²) < 4.78 is 2.03. The molecule has 0 saturated heterocycles. The van der Waals surface area contributed by atoms with Crippen LogP contribution in [-0.4, -0.2) is 9.55 Å². The van der Waals surface area contributed by atoms with E-state index in [-0.39, 0.29) is 0 Å². The van der Waals surface area contributed by atoms with E-state index in [1.807, 2.05) is 35.0 Å². The Morgan fingerprint density at radius 2 is 1.81 bits per heavy atom. The van der Waals surface area contributed by atoms with E-state index < -0.39 is 0 Å². The molecule has 0 spiro atoms. The second-order valence-electron chi connectivity index (χ2n) is 3.56. The normalized spacial score (nSPS) is 10.8. The van der Waals surface area contributed by atoms with Gasteiger partial charge in [-0.25, -0.2) is 4.98 Å². The van der Waals surface area contributed by atoms with Crippen molar-refractivity contribution in [1.29, 1.82) is 0 Å². The monoisotopic (exact) mass is 228 g/mol. The van der Waals surface area contributed by atoms with Crippen LogP contribution in [0.15, 0.2) is 54.7 Å². The standard InChI is InChI=1S/C13H9ClN2/c14-12-6-3-7-13(15-12)16-9-8-10-4-1-2-5-11(10)16/h1-9H. The molecule has 0 radical (unpaired) electrons. The molecule has 0 aliphatic heterocycles. The first-order valence-electron chi connectivity index (χ1n) is 5.03. The minimum atomic E-state index is 0.510. The van der Waals surface area contributed by atoms with Crippen molar-refractivity contribution in [1.82, 2.24) is 9.55 Å². The first kappa shape index (κ1) is 9.43. The molecule has 78 valence electrons. The average Bonchev–Trinajstić information content (AvgIpc) is 2.72. The Hall–Kier alpha value is -1.80. The molecule has 2 aromatic heterocycles. The maximum atomic E-state index is 5.89. The fourth-order valence-corrected chi connectivity index (χ4v) is 1.97. The Kier molecular flexibility index (Phi) is 2.15. The largest absolute Gasteiger partial charge is 0.301 e. The second-order valence-corrected chi connectivity index (χ2v) is 3.95. The summed E-state index contributed by atoms with van der Waals surface area (Å²) in [5.74, 6) is 0.841. The molecule has 2 nitrogen and oxygen atoms in total. The predicted octanol–water partition coefficient (Wildman–Crippen LogP) is 3.68. The van der Waals surface area contributed by atoms with E-state index in [2.05, 4.69) is 23.2 Å². The lowest BCUT2D eigenvalue weighted by molar-refractivity contribution is 1.04. The zero-order valence-electron chi connectivity index (χ0n) is 8.47. The van der Waals surface area contributed by atoms with Gasteiger partial charge in [-0.3, -0.25) is 0 Å². The van der Waals surface area contributed by atoms with Crippen LogP contribution in [0, 0.1) is 0 Å². The molecule has 3 rings (SSSR count).